The van der Waals surface area contributed by atoms with E-state index in [0.29, 0.717) is 0 Å². The summed E-state index contributed by atoms with van der Waals surface area (Å²) in [4.78, 5) is 0. The fourth-order valence-electron chi connectivity index (χ4n) is 1.74. The molecule has 0 spiro atoms. The van der Waals surface area contributed by atoms with E-state index in [-0.39, 0.29) is 6.10 Å². The van der Waals surface area contributed by atoms with Crippen molar-refractivity contribution in [3.05, 3.63) is 78.1 Å². The van der Waals surface area contributed by atoms with E-state index in [4.69, 9.17) is 4.74 Å². The van der Waals surface area contributed by atoms with E-state index in [1.807, 2.05) is 56.5 Å². The van der Waals surface area contributed by atoms with Crippen molar-refractivity contribution in [1.29, 1.82) is 0 Å². The van der Waals surface area contributed by atoms with Gasteiger partial charge in [-0.15, -0.1) is 0 Å². The first-order chi connectivity index (χ1) is 8.77. The highest BCUT2D eigenvalue weighted by Gasteiger charge is 2.05. The lowest BCUT2D eigenvalue weighted by Crippen LogP contribution is -1.97. The van der Waals surface area contributed by atoms with Crippen molar-refractivity contribution in [3.63, 3.8) is 0 Å². The van der Waals surface area contributed by atoms with Gasteiger partial charge in [0.25, 0.3) is 0 Å². The van der Waals surface area contributed by atoms with Crippen molar-refractivity contribution in [2.24, 2.45) is 0 Å². The van der Waals surface area contributed by atoms with Crippen molar-refractivity contribution in [2.75, 3.05) is 0 Å². The number of rotatable bonds is 4. The molecule has 0 fully saturated rings. The Kier molecular flexibility index (Phi) is 4.19. The Labute approximate surface area is 109 Å². The molecule has 0 saturated heterocycles. The molecule has 0 amide bonds. The summed E-state index contributed by atoms with van der Waals surface area (Å²) in [6.45, 7) is 4.06. The van der Waals surface area contributed by atoms with E-state index in [1.54, 1.807) is 0 Å². The molecule has 2 aromatic carbocycles. The van der Waals surface area contributed by atoms with Gasteiger partial charge in [-0.3, -0.25) is 0 Å². The van der Waals surface area contributed by atoms with Gasteiger partial charge in [-0.05, 0) is 25.0 Å². The quantitative estimate of drug-likeness (QED) is 0.712. The summed E-state index contributed by atoms with van der Waals surface area (Å²) in [6, 6.07) is 20.6. The maximum atomic E-state index is 5.65. The summed E-state index contributed by atoms with van der Waals surface area (Å²) in [7, 11) is 0. The third-order valence-electron chi connectivity index (χ3n) is 2.63. The molecule has 0 aliphatic carbocycles. The smallest absolute Gasteiger partial charge is 0.0922 e. The summed E-state index contributed by atoms with van der Waals surface area (Å²) in [5, 5.41) is 0. The number of benzene rings is 2. The van der Waals surface area contributed by atoms with Crippen LogP contribution in [0.25, 0.3) is 5.57 Å². The van der Waals surface area contributed by atoms with E-state index in [0.717, 1.165) is 5.57 Å². The molecule has 0 aliphatic heterocycles. The second kappa shape index (κ2) is 6.06. The average molecular weight is 238 g/mol. The van der Waals surface area contributed by atoms with Crippen LogP contribution in [-0.4, -0.2) is 6.10 Å². The second-order valence-electron chi connectivity index (χ2n) is 4.45. The molecule has 0 N–H and O–H groups in total. The highest BCUT2D eigenvalue weighted by molar-refractivity contribution is 5.78. The van der Waals surface area contributed by atoms with Crippen LogP contribution >= 0.6 is 0 Å². The first-order valence-corrected chi connectivity index (χ1v) is 6.24. The Morgan fingerprint density at radius 1 is 0.833 bits per heavy atom. The predicted octanol–water partition coefficient (Wildman–Crippen LogP) is 4.50. The minimum Gasteiger partial charge on any atom is -0.498 e. The minimum atomic E-state index is 0.187. The van der Waals surface area contributed by atoms with Gasteiger partial charge < -0.3 is 4.74 Å². The molecule has 0 unspecified atom stereocenters. The molecular formula is C17H18O. The molecule has 1 heteroatoms. The van der Waals surface area contributed by atoms with E-state index in [2.05, 4.69) is 24.3 Å². The molecule has 1 nitrogen and oxygen atoms in total. The van der Waals surface area contributed by atoms with Crippen LogP contribution in [-0.2, 0) is 4.74 Å². The molecule has 92 valence electrons. The van der Waals surface area contributed by atoms with Gasteiger partial charge in [-0.2, -0.15) is 0 Å². The maximum absolute atomic E-state index is 5.65. The van der Waals surface area contributed by atoms with Gasteiger partial charge in [0.2, 0.25) is 0 Å². The summed E-state index contributed by atoms with van der Waals surface area (Å²) in [6.07, 6.45) is 2.04. The van der Waals surface area contributed by atoms with Crippen LogP contribution in [0, 0.1) is 0 Å². The summed E-state index contributed by atoms with van der Waals surface area (Å²) in [5.74, 6) is 0. The van der Waals surface area contributed by atoms with Crippen molar-refractivity contribution in [2.45, 2.75) is 20.0 Å². The minimum absolute atomic E-state index is 0.187. The van der Waals surface area contributed by atoms with Crippen molar-refractivity contribution < 1.29 is 4.74 Å². The highest BCUT2D eigenvalue weighted by atomic mass is 16.5. The average Bonchev–Trinajstić information content (AvgIpc) is 2.41. The van der Waals surface area contributed by atoms with Crippen molar-refractivity contribution >= 4 is 5.57 Å². The third-order valence-corrected chi connectivity index (χ3v) is 2.63. The van der Waals surface area contributed by atoms with Crippen LogP contribution in [0.5, 0.6) is 0 Å². The molecule has 2 aromatic rings. The summed E-state index contributed by atoms with van der Waals surface area (Å²) >= 11 is 0. The number of ether oxygens (including phenoxy) is 1. The first-order valence-electron chi connectivity index (χ1n) is 6.24. The third kappa shape index (κ3) is 3.24. The normalized spacial score (nSPS) is 10.2. The van der Waals surface area contributed by atoms with Crippen LogP contribution in [0.15, 0.2) is 66.9 Å². The van der Waals surface area contributed by atoms with Crippen molar-refractivity contribution in [3.8, 4) is 0 Å². The number of hydrogen-bond donors (Lipinski definition) is 0. The molecule has 0 heterocycles. The zero-order valence-corrected chi connectivity index (χ0v) is 10.8. The fraction of sp³-hybridized carbons (Fsp3) is 0.176. The molecule has 0 aromatic heterocycles. The van der Waals surface area contributed by atoms with Crippen LogP contribution < -0.4 is 0 Å². The van der Waals surface area contributed by atoms with E-state index >= 15 is 0 Å². The lowest BCUT2D eigenvalue weighted by Gasteiger charge is -2.11. The molecule has 18 heavy (non-hydrogen) atoms. The monoisotopic (exact) mass is 238 g/mol. The molecule has 2 rings (SSSR count). The molecule has 0 bridgehead atoms. The summed E-state index contributed by atoms with van der Waals surface area (Å²) < 4.78 is 5.65. The van der Waals surface area contributed by atoms with Gasteiger partial charge in [-0.1, -0.05) is 60.7 Å². The zero-order chi connectivity index (χ0) is 12.8. The summed E-state index contributed by atoms with van der Waals surface area (Å²) in [5.41, 5.74) is 3.46. The van der Waals surface area contributed by atoms with Gasteiger partial charge in [0.15, 0.2) is 0 Å². The fourth-order valence-corrected chi connectivity index (χ4v) is 1.74. The molecule has 0 saturated carbocycles. The van der Waals surface area contributed by atoms with Crippen LogP contribution in [0.4, 0.5) is 0 Å². The maximum Gasteiger partial charge on any atom is 0.0922 e. The lowest BCUT2D eigenvalue weighted by atomic mass is 9.99. The zero-order valence-electron chi connectivity index (χ0n) is 10.8. The first kappa shape index (κ1) is 12.4. The topological polar surface area (TPSA) is 9.23 Å². The predicted molar refractivity (Wildman–Crippen MR) is 76.2 cm³/mol. The van der Waals surface area contributed by atoms with Crippen LogP contribution in [0.3, 0.4) is 0 Å². The van der Waals surface area contributed by atoms with E-state index in [1.165, 1.54) is 11.1 Å². The standard InChI is InChI=1S/C17H18O/c1-14(2)18-13-17(15-9-5-3-6-10-15)16-11-7-4-8-12-16/h3-14H,1-2H3. The Morgan fingerprint density at radius 2 is 1.28 bits per heavy atom. The van der Waals surface area contributed by atoms with Crippen LogP contribution in [0.2, 0.25) is 0 Å². The Bertz CT molecular complexity index is 456. The number of hydrogen-bond acceptors (Lipinski definition) is 1. The molecule has 0 radical (unpaired) electrons. The molecule has 0 atom stereocenters. The van der Waals surface area contributed by atoms with Gasteiger partial charge in [0.1, 0.15) is 0 Å². The second-order valence-corrected chi connectivity index (χ2v) is 4.45. The van der Waals surface area contributed by atoms with Gasteiger partial charge >= 0.3 is 0 Å². The molecule has 0 aliphatic rings. The van der Waals surface area contributed by atoms with Gasteiger partial charge in [0.05, 0.1) is 12.4 Å². The largest absolute Gasteiger partial charge is 0.498 e. The molecular weight excluding hydrogens is 220 g/mol. The van der Waals surface area contributed by atoms with Crippen LogP contribution in [0.1, 0.15) is 25.0 Å². The Balaban J connectivity index is 2.39. The SMILES string of the molecule is CC(C)OC=C(c1ccccc1)c1ccccc1. The van der Waals surface area contributed by atoms with Gasteiger partial charge in [0, 0.05) is 5.57 Å². The Morgan fingerprint density at radius 3 is 1.67 bits per heavy atom. The highest BCUT2D eigenvalue weighted by Crippen LogP contribution is 2.23. The van der Waals surface area contributed by atoms with Gasteiger partial charge in [-0.25, -0.2) is 0 Å². The Hall–Kier alpha value is -2.02. The van der Waals surface area contributed by atoms with E-state index < -0.39 is 0 Å². The lowest BCUT2D eigenvalue weighted by molar-refractivity contribution is 0.181. The van der Waals surface area contributed by atoms with E-state index in [9.17, 15) is 0 Å². The van der Waals surface area contributed by atoms with Crippen molar-refractivity contribution in [1.82, 2.24) is 0 Å².